The first-order valence-electron chi connectivity index (χ1n) is 10.2. The minimum absolute atomic E-state index is 0.233. The number of benzene rings is 2. The largest absolute Gasteiger partial charge is 0.478 e. The number of halogens is 1. The molecule has 1 aromatic heterocycles. The van der Waals surface area contributed by atoms with Crippen LogP contribution in [0.3, 0.4) is 0 Å². The monoisotopic (exact) mass is 434 g/mol. The van der Waals surface area contributed by atoms with Crippen LogP contribution in [0.2, 0.25) is 0 Å². The highest BCUT2D eigenvalue weighted by Crippen LogP contribution is 2.31. The number of thioether (sulfide) groups is 1. The average molecular weight is 435 g/mol. The molecule has 4 nitrogen and oxygen atoms in total. The molecule has 3 aromatic rings. The van der Waals surface area contributed by atoms with E-state index in [2.05, 4.69) is 28.1 Å². The van der Waals surface area contributed by atoms with Crippen molar-refractivity contribution in [2.24, 2.45) is 0 Å². The molecule has 1 aliphatic heterocycles. The third kappa shape index (κ3) is 5.33. The highest BCUT2D eigenvalue weighted by molar-refractivity contribution is 8.03. The van der Waals surface area contributed by atoms with E-state index in [1.54, 1.807) is 36.2 Å². The van der Waals surface area contributed by atoms with Crippen molar-refractivity contribution >= 4 is 28.6 Å². The molecule has 0 spiro atoms. The van der Waals surface area contributed by atoms with Crippen molar-refractivity contribution in [3.63, 3.8) is 0 Å². The molecule has 0 amide bonds. The predicted octanol–water partition coefficient (Wildman–Crippen LogP) is 5.41. The molecular weight excluding hydrogens is 411 g/mol. The van der Waals surface area contributed by atoms with Crippen molar-refractivity contribution in [1.82, 2.24) is 9.88 Å². The lowest BCUT2D eigenvalue weighted by atomic mass is 10.1. The number of carboxylic acids is 1. The van der Waals surface area contributed by atoms with E-state index >= 15 is 0 Å². The molecule has 1 N–H and O–H groups in total. The van der Waals surface area contributed by atoms with E-state index < -0.39 is 5.97 Å². The second-order valence-corrected chi connectivity index (χ2v) is 8.50. The zero-order valence-corrected chi connectivity index (χ0v) is 17.8. The zero-order chi connectivity index (χ0) is 21.6. The second-order valence-electron chi connectivity index (χ2n) is 7.42. The molecule has 0 saturated carbocycles. The van der Waals surface area contributed by atoms with E-state index in [1.807, 2.05) is 18.2 Å². The first-order chi connectivity index (χ1) is 15.1. The fraction of sp³-hybridized carbons (Fsp3) is 0.200. The Labute approximate surface area is 185 Å². The smallest absolute Gasteiger partial charge is 0.338 e. The normalized spacial score (nSPS) is 13.8. The number of rotatable bonds is 8. The van der Waals surface area contributed by atoms with Crippen LogP contribution in [0.1, 0.15) is 17.5 Å². The molecule has 0 fully saturated rings. The van der Waals surface area contributed by atoms with Gasteiger partial charge >= 0.3 is 5.97 Å². The van der Waals surface area contributed by atoms with Gasteiger partial charge in [0.2, 0.25) is 0 Å². The van der Waals surface area contributed by atoms with Gasteiger partial charge in [-0.05, 0) is 60.1 Å². The molecule has 0 atom stereocenters. The lowest BCUT2D eigenvalue weighted by Gasteiger charge is -2.29. The van der Waals surface area contributed by atoms with Crippen LogP contribution in [-0.4, -0.2) is 33.3 Å². The van der Waals surface area contributed by atoms with E-state index in [0.29, 0.717) is 18.7 Å². The van der Waals surface area contributed by atoms with Gasteiger partial charge in [0.15, 0.2) is 0 Å². The van der Waals surface area contributed by atoms with Gasteiger partial charge in [0.1, 0.15) is 5.82 Å². The number of aliphatic carboxylic acids is 1. The van der Waals surface area contributed by atoms with Gasteiger partial charge in [-0.25, -0.2) is 9.18 Å². The Morgan fingerprint density at radius 3 is 2.74 bits per heavy atom. The van der Waals surface area contributed by atoms with Crippen molar-refractivity contribution in [2.45, 2.75) is 19.4 Å². The molecular formula is C25H23FN2O2S. The quantitative estimate of drug-likeness (QED) is 0.481. The first-order valence-corrected chi connectivity index (χ1v) is 11.2. The van der Waals surface area contributed by atoms with Crippen molar-refractivity contribution in [3.05, 3.63) is 100 Å². The molecule has 0 unspecified atom stereocenters. The molecule has 0 saturated heterocycles. The number of carboxylic acid groups (broad SMARTS) is 1. The summed E-state index contributed by atoms with van der Waals surface area (Å²) in [6.07, 6.45) is 7.08. The van der Waals surface area contributed by atoms with Crippen LogP contribution in [0.15, 0.2) is 83.5 Å². The molecule has 31 heavy (non-hydrogen) atoms. The summed E-state index contributed by atoms with van der Waals surface area (Å²) in [4.78, 5) is 18.4. The summed E-state index contributed by atoms with van der Waals surface area (Å²) in [5.41, 5.74) is 3.44. The van der Waals surface area contributed by atoms with Crippen LogP contribution in [-0.2, 0) is 17.8 Å². The van der Waals surface area contributed by atoms with Crippen LogP contribution < -0.4 is 0 Å². The lowest BCUT2D eigenvalue weighted by molar-refractivity contribution is -0.132. The summed E-state index contributed by atoms with van der Waals surface area (Å²) < 4.78 is 13.1. The Balaban J connectivity index is 1.46. The Morgan fingerprint density at radius 2 is 1.94 bits per heavy atom. The van der Waals surface area contributed by atoms with Gasteiger partial charge in [-0.15, -0.1) is 11.8 Å². The summed E-state index contributed by atoms with van der Waals surface area (Å²) in [5.74, 6) is -0.363. The summed E-state index contributed by atoms with van der Waals surface area (Å²) in [6.45, 7) is 1.28. The molecule has 0 radical (unpaired) electrons. The number of aromatic nitrogens is 1. The van der Waals surface area contributed by atoms with Crippen LogP contribution in [0.4, 0.5) is 4.39 Å². The minimum Gasteiger partial charge on any atom is -0.478 e. The standard InChI is InChI=1S/C25H23FN2O2S/c26-21-11-8-18(9-12-21)4-3-15-31-24-22(25(29)30)6-2-14-28(24)17-19-7-10-20-5-1-13-27-23(20)16-19/h1-2,5-13,16H,3-4,14-15,17H2,(H,29,30). The molecule has 6 heteroatoms. The summed E-state index contributed by atoms with van der Waals surface area (Å²) in [7, 11) is 0. The Bertz CT molecular complexity index is 1140. The maximum Gasteiger partial charge on any atom is 0.338 e. The highest BCUT2D eigenvalue weighted by Gasteiger charge is 2.21. The van der Waals surface area contributed by atoms with Crippen LogP contribution in [0, 0.1) is 5.82 Å². The van der Waals surface area contributed by atoms with Gasteiger partial charge in [0.05, 0.1) is 16.1 Å². The van der Waals surface area contributed by atoms with Crippen molar-refractivity contribution in [1.29, 1.82) is 0 Å². The lowest BCUT2D eigenvalue weighted by Crippen LogP contribution is -2.27. The number of hydrogen-bond donors (Lipinski definition) is 1. The topological polar surface area (TPSA) is 53.4 Å². The fourth-order valence-corrected chi connectivity index (χ4v) is 4.73. The maximum atomic E-state index is 13.1. The van der Waals surface area contributed by atoms with Gasteiger partial charge in [-0.2, -0.15) is 0 Å². The van der Waals surface area contributed by atoms with Crippen LogP contribution in [0.5, 0.6) is 0 Å². The van der Waals surface area contributed by atoms with Crippen molar-refractivity contribution in [2.75, 3.05) is 12.3 Å². The minimum atomic E-state index is -0.915. The van der Waals surface area contributed by atoms with Crippen LogP contribution in [0.25, 0.3) is 10.9 Å². The van der Waals surface area contributed by atoms with Gasteiger partial charge in [0, 0.05) is 24.7 Å². The zero-order valence-electron chi connectivity index (χ0n) is 17.0. The Morgan fingerprint density at radius 1 is 1.13 bits per heavy atom. The Hall–Kier alpha value is -3.12. The van der Waals surface area contributed by atoms with E-state index in [-0.39, 0.29) is 5.82 Å². The highest BCUT2D eigenvalue weighted by atomic mass is 32.2. The molecule has 1 aliphatic rings. The Kier molecular flexibility index (Phi) is 6.67. The number of pyridine rings is 1. The van der Waals surface area contributed by atoms with Gasteiger partial charge in [0.25, 0.3) is 0 Å². The maximum absolute atomic E-state index is 13.1. The van der Waals surface area contributed by atoms with E-state index in [1.165, 1.54) is 12.1 Å². The fourth-order valence-electron chi connectivity index (χ4n) is 3.62. The van der Waals surface area contributed by atoms with Crippen molar-refractivity contribution in [3.8, 4) is 0 Å². The average Bonchev–Trinajstić information content (AvgIpc) is 2.78. The van der Waals surface area contributed by atoms with Gasteiger partial charge < -0.3 is 10.0 Å². The molecule has 2 aromatic carbocycles. The SMILES string of the molecule is O=C(O)C1=C(SCCCc2ccc(F)cc2)N(Cc2ccc3cccnc3c2)CC=C1. The van der Waals surface area contributed by atoms with Crippen LogP contribution >= 0.6 is 11.8 Å². The molecule has 4 rings (SSSR count). The van der Waals surface area contributed by atoms with E-state index in [0.717, 1.165) is 45.7 Å². The number of carbonyl (C=O) groups is 1. The number of fused-ring (bicyclic) bond motifs is 1. The summed E-state index contributed by atoms with van der Waals surface area (Å²) >= 11 is 1.57. The number of hydrogen-bond acceptors (Lipinski definition) is 4. The second kappa shape index (κ2) is 9.79. The predicted molar refractivity (Wildman–Crippen MR) is 123 cm³/mol. The first kappa shape index (κ1) is 21.1. The van der Waals surface area contributed by atoms with Gasteiger partial charge in [-0.1, -0.05) is 36.4 Å². The third-order valence-electron chi connectivity index (χ3n) is 5.16. The summed E-state index contributed by atoms with van der Waals surface area (Å²) in [5, 5.41) is 11.6. The summed E-state index contributed by atoms with van der Waals surface area (Å²) in [6, 6.07) is 16.7. The third-order valence-corrected chi connectivity index (χ3v) is 6.41. The van der Waals surface area contributed by atoms with E-state index in [9.17, 15) is 14.3 Å². The molecule has 2 heterocycles. The van der Waals surface area contributed by atoms with E-state index in [4.69, 9.17) is 0 Å². The molecule has 158 valence electrons. The van der Waals surface area contributed by atoms with Crippen molar-refractivity contribution < 1.29 is 14.3 Å². The molecule has 0 aliphatic carbocycles. The number of nitrogens with zero attached hydrogens (tertiary/aromatic N) is 2. The molecule has 0 bridgehead atoms. The van der Waals surface area contributed by atoms with Gasteiger partial charge in [-0.3, -0.25) is 4.98 Å². The number of aryl methyl sites for hydroxylation is 1.